The molecule has 0 aliphatic rings. The van der Waals surface area contributed by atoms with Gasteiger partial charge < -0.3 is 28.9 Å². The van der Waals surface area contributed by atoms with Gasteiger partial charge in [-0.15, -0.1) is 0 Å². The van der Waals surface area contributed by atoms with Gasteiger partial charge in [-0.25, -0.2) is 14.2 Å². The van der Waals surface area contributed by atoms with Gasteiger partial charge in [0.2, 0.25) is 5.12 Å². The van der Waals surface area contributed by atoms with Crippen molar-refractivity contribution in [2.24, 2.45) is 11.3 Å². The molecular weight excluding hydrogens is 671 g/mol. The third-order valence-corrected chi connectivity index (χ3v) is 10.2. The predicted molar refractivity (Wildman–Crippen MR) is 182 cm³/mol. The summed E-state index contributed by atoms with van der Waals surface area (Å²) in [4.78, 5) is 77.3. The zero-order chi connectivity index (χ0) is 36.2. The Morgan fingerprint density at radius 1 is 0.872 bits per heavy atom. The molecule has 0 bridgehead atoms. The molecule has 1 aromatic carbocycles. The lowest BCUT2D eigenvalue weighted by molar-refractivity contribution is -0.160. The molecule has 0 aliphatic carbocycles. The molecule has 13 nitrogen and oxygen atoms in total. The Balaban J connectivity index is 3.06. The summed E-state index contributed by atoms with van der Waals surface area (Å²) in [6, 6.07) is 8.29. The number of ketones is 1. The van der Waals surface area contributed by atoms with Crippen molar-refractivity contribution in [3.05, 3.63) is 35.9 Å². The van der Waals surface area contributed by atoms with E-state index in [9.17, 15) is 33.4 Å². The van der Waals surface area contributed by atoms with Crippen LogP contribution in [0.2, 0.25) is 0 Å². The minimum absolute atomic E-state index is 0.0424. The molecule has 0 aromatic heterocycles. The normalized spacial score (nSPS) is 14.4. The van der Waals surface area contributed by atoms with Crippen LogP contribution >= 0.6 is 29.9 Å². The van der Waals surface area contributed by atoms with Gasteiger partial charge in [-0.05, 0) is 66.8 Å². The zero-order valence-corrected chi connectivity index (χ0v) is 31.4. The van der Waals surface area contributed by atoms with Crippen LogP contribution in [0.1, 0.15) is 65.7 Å². The number of esters is 1. The number of hydrogen-bond acceptors (Lipinski definition) is 12. The Labute approximate surface area is 286 Å². The molecule has 1 aromatic rings. The summed E-state index contributed by atoms with van der Waals surface area (Å²) in [7, 11) is 3.01. The maximum Gasteiger partial charge on any atom is 0.410 e. The fourth-order valence-corrected chi connectivity index (χ4v) is 7.27. The van der Waals surface area contributed by atoms with Gasteiger partial charge in [-0.1, -0.05) is 42.1 Å². The maximum absolute atomic E-state index is 13.2. The van der Waals surface area contributed by atoms with Crippen molar-refractivity contribution in [2.75, 3.05) is 51.9 Å². The van der Waals surface area contributed by atoms with Gasteiger partial charge in [0.05, 0.1) is 19.0 Å². The molecule has 2 unspecified atom stereocenters. The van der Waals surface area contributed by atoms with Crippen molar-refractivity contribution < 1.29 is 52.2 Å². The lowest BCUT2D eigenvalue weighted by atomic mass is 9.87. The minimum Gasteiger partial charge on any atom is -0.465 e. The Hall–Kier alpha value is -2.58. The summed E-state index contributed by atoms with van der Waals surface area (Å²) in [5, 5.41) is -0.381. The fourth-order valence-electron chi connectivity index (χ4n) is 3.71. The van der Waals surface area contributed by atoms with Crippen molar-refractivity contribution in [1.29, 1.82) is 0 Å². The van der Waals surface area contributed by atoms with Gasteiger partial charge in [0.25, 0.3) is 0 Å². The second-order valence-corrected chi connectivity index (χ2v) is 17.9. The van der Waals surface area contributed by atoms with Crippen LogP contribution in [0.25, 0.3) is 0 Å². The van der Waals surface area contributed by atoms with E-state index in [0.717, 1.165) is 0 Å². The van der Waals surface area contributed by atoms with Crippen LogP contribution in [-0.4, -0.2) is 107 Å². The Morgan fingerprint density at radius 2 is 1.36 bits per heavy atom. The number of Topliss-reactive ketones (excluding diaryl/α,β-unsaturated/α-hetero) is 1. The molecule has 0 fully saturated rings. The lowest BCUT2D eigenvalue weighted by Gasteiger charge is -2.31. The Morgan fingerprint density at radius 3 is 1.81 bits per heavy atom. The molecule has 266 valence electrons. The van der Waals surface area contributed by atoms with Gasteiger partial charge in [0.15, 0.2) is 5.78 Å². The van der Waals surface area contributed by atoms with E-state index in [2.05, 4.69) is 0 Å². The molecule has 1 N–H and O–H groups in total. The first-order valence-electron chi connectivity index (χ1n) is 14.9. The second kappa shape index (κ2) is 18.3. The highest BCUT2D eigenvalue weighted by atomic mass is 32.7. The quantitative estimate of drug-likeness (QED) is 0.0929. The second-order valence-electron chi connectivity index (χ2n) is 13.0. The van der Waals surface area contributed by atoms with Crippen LogP contribution in [-0.2, 0) is 32.9 Å². The summed E-state index contributed by atoms with van der Waals surface area (Å²) >= 11 is 1.22. The van der Waals surface area contributed by atoms with Crippen LogP contribution in [0.4, 0.5) is 9.59 Å². The van der Waals surface area contributed by atoms with E-state index >= 15 is 0 Å². The van der Waals surface area contributed by atoms with E-state index in [0.29, 0.717) is 28.7 Å². The first kappa shape index (κ1) is 42.4. The van der Waals surface area contributed by atoms with Crippen molar-refractivity contribution in [3.63, 3.8) is 0 Å². The van der Waals surface area contributed by atoms with E-state index in [-0.39, 0.29) is 30.6 Å². The van der Waals surface area contributed by atoms with Crippen LogP contribution < -0.4 is 0 Å². The molecular formula is C31H49N2O11PS2. The molecule has 0 saturated carbocycles. The molecule has 2 atom stereocenters. The van der Waals surface area contributed by atoms with E-state index in [1.165, 1.54) is 30.8 Å². The van der Waals surface area contributed by atoms with Gasteiger partial charge in [-0.3, -0.25) is 18.9 Å². The van der Waals surface area contributed by atoms with Crippen LogP contribution in [0, 0.1) is 11.3 Å². The standard InChI is InChI=1S/C31H49N2O11PS2/c1-11-41-26(36)31(8,24(34)20-46-25(35)23-15-13-12-14-16-23)21-42-45(39,40)47-19-22(17-32(9)27(37)43-29(2,3)4)18-33(10)28(38)44-30(5,6)7/h12-16,22H,11,17-21H2,1-10H3,(H,39,40). The smallest absolute Gasteiger partial charge is 0.410 e. The first-order valence-corrected chi connectivity index (χ1v) is 19.1. The van der Waals surface area contributed by atoms with E-state index < -0.39 is 65.6 Å². The highest BCUT2D eigenvalue weighted by Crippen LogP contribution is 2.57. The molecule has 0 spiro atoms. The molecule has 0 heterocycles. The summed E-state index contributed by atoms with van der Waals surface area (Å²) < 4.78 is 34.4. The number of ether oxygens (including phenoxy) is 3. The summed E-state index contributed by atoms with van der Waals surface area (Å²) in [6.45, 7) is 7.83. The third-order valence-electron chi connectivity index (χ3n) is 6.15. The van der Waals surface area contributed by atoms with Gasteiger partial charge >= 0.3 is 25.0 Å². The Bertz CT molecular complexity index is 1250. The number of rotatable bonds is 16. The topological polar surface area (TPSA) is 166 Å². The summed E-state index contributed by atoms with van der Waals surface area (Å²) in [6.07, 6.45) is -1.24. The number of nitrogens with zero attached hydrogens (tertiary/aromatic N) is 2. The monoisotopic (exact) mass is 720 g/mol. The van der Waals surface area contributed by atoms with Gasteiger partial charge in [0.1, 0.15) is 16.6 Å². The van der Waals surface area contributed by atoms with Crippen molar-refractivity contribution in [3.8, 4) is 0 Å². The molecule has 16 heteroatoms. The maximum atomic E-state index is 13.2. The van der Waals surface area contributed by atoms with E-state index in [1.807, 2.05) is 0 Å². The SMILES string of the molecule is CCOC(=O)C(C)(COP(=O)(O)SCC(CN(C)C(=O)OC(C)(C)C)CN(C)C(=O)OC(C)(C)C)C(=O)CSC(=O)c1ccccc1. The molecule has 1 rings (SSSR count). The number of thioether (sulfide) groups is 1. The molecule has 0 radical (unpaired) electrons. The molecule has 2 amide bonds. The number of carbonyl (C=O) groups is 5. The molecule has 0 saturated heterocycles. The number of amides is 2. The van der Waals surface area contributed by atoms with Gasteiger partial charge in [0, 0.05) is 44.4 Å². The number of benzene rings is 1. The summed E-state index contributed by atoms with van der Waals surface area (Å²) in [5.41, 5.74) is -3.12. The first-order chi connectivity index (χ1) is 21.5. The number of carbonyl (C=O) groups excluding carboxylic acids is 5. The average molecular weight is 721 g/mol. The fraction of sp³-hybridized carbons (Fsp3) is 0.645. The van der Waals surface area contributed by atoms with Crippen LogP contribution in [0.15, 0.2) is 30.3 Å². The van der Waals surface area contributed by atoms with Crippen molar-refractivity contribution >= 4 is 59.0 Å². The largest absolute Gasteiger partial charge is 0.465 e. The summed E-state index contributed by atoms with van der Waals surface area (Å²) in [5.74, 6) is -2.70. The zero-order valence-electron chi connectivity index (χ0n) is 28.9. The third kappa shape index (κ3) is 15.9. The van der Waals surface area contributed by atoms with Crippen molar-refractivity contribution in [2.45, 2.75) is 66.6 Å². The highest BCUT2D eigenvalue weighted by molar-refractivity contribution is 8.54. The molecule has 0 aliphatic heterocycles. The van der Waals surface area contributed by atoms with Crippen molar-refractivity contribution in [1.82, 2.24) is 9.80 Å². The van der Waals surface area contributed by atoms with E-state index in [4.69, 9.17) is 18.7 Å². The molecule has 47 heavy (non-hydrogen) atoms. The van der Waals surface area contributed by atoms with E-state index in [1.54, 1.807) is 78.8 Å². The van der Waals surface area contributed by atoms with Gasteiger partial charge in [-0.2, -0.15) is 0 Å². The Kier molecular flexibility index (Phi) is 16.5. The average Bonchev–Trinajstić information content (AvgIpc) is 2.96. The minimum atomic E-state index is -4.51. The van der Waals surface area contributed by atoms with Crippen LogP contribution in [0.5, 0.6) is 0 Å². The van der Waals surface area contributed by atoms with Crippen LogP contribution in [0.3, 0.4) is 0 Å². The highest BCUT2D eigenvalue weighted by Gasteiger charge is 2.45. The lowest BCUT2D eigenvalue weighted by Crippen LogP contribution is -2.43. The predicted octanol–water partition coefficient (Wildman–Crippen LogP) is 5.90. The number of hydrogen-bond donors (Lipinski definition) is 1.